The molecule has 0 aliphatic carbocycles. The zero-order valence-electron chi connectivity index (χ0n) is 15.7. The van der Waals surface area contributed by atoms with Gasteiger partial charge in [0.15, 0.2) is 0 Å². The summed E-state index contributed by atoms with van der Waals surface area (Å²) in [6.07, 6.45) is 0. The Bertz CT molecular complexity index is 1340. The van der Waals surface area contributed by atoms with Gasteiger partial charge in [-0.3, -0.25) is 0 Å². The van der Waals surface area contributed by atoms with Gasteiger partial charge in [-0.1, -0.05) is 97.1 Å². The van der Waals surface area contributed by atoms with Crippen molar-refractivity contribution in [3.63, 3.8) is 0 Å². The first-order valence-corrected chi connectivity index (χ1v) is 9.58. The van der Waals surface area contributed by atoms with Crippen molar-refractivity contribution >= 4 is 10.8 Å². The molecule has 1 aromatic heterocycles. The molecule has 0 amide bonds. The highest BCUT2D eigenvalue weighted by molar-refractivity contribution is 6.03. The average Bonchev–Trinajstić information content (AvgIpc) is 2.80. The van der Waals surface area contributed by atoms with Gasteiger partial charge in [-0.2, -0.15) is 0 Å². The Hall–Kier alpha value is -3.91. The Morgan fingerprint density at radius 3 is 1.66 bits per heavy atom. The van der Waals surface area contributed by atoms with Gasteiger partial charge in [0.1, 0.15) is 5.76 Å². The molecule has 5 rings (SSSR count). The standard InChI is InChI=1S/C27H18O2/c28-27-23-17-16-22(19-10-4-1-5-11-19)18-24(23)25(20-12-6-2-7-13-20)26(29-27)21-14-8-3-9-15-21/h1-18H. The molecule has 0 saturated carbocycles. The van der Waals surface area contributed by atoms with E-state index >= 15 is 0 Å². The van der Waals surface area contributed by atoms with E-state index in [0.717, 1.165) is 33.2 Å². The van der Waals surface area contributed by atoms with Crippen LogP contribution in [0.15, 0.2) is 118 Å². The van der Waals surface area contributed by atoms with Crippen LogP contribution in [0, 0.1) is 0 Å². The molecule has 0 atom stereocenters. The van der Waals surface area contributed by atoms with Crippen LogP contribution in [0.5, 0.6) is 0 Å². The molecule has 0 fully saturated rings. The molecule has 0 aliphatic rings. The van der Waals surface area contributed by atoms with E-state index < -0.39 is 0 Å². The van der Waals surface area contributed by atoms with Gasteiger partial charge in [0.05, 0.1) is 5.39 Å². The molecule has 0 bridgehead atoms. The van der Waals surface area contributed by atoms with Crippen LogP contribution in [0.3, 0.4) is 0 Å². The minimum Gasteiger partial charge on any atom is -0.422 e. The third-order valence-electron chi connectivity index (χ3n) is 5.14. The van der Waals surface area contributed by atoms with Gasteiger partial charge in [-0.05, 0) is 28.8 Å². The Morgan fingerprint density at radius 1 is 0.483 bits per heavy atom. The van der Waals surface area contributed by atoms with Crippen LogP contribution in [0.4, 0.5) is 0 Å². The second kappa shape index (κ2) is 7.25. The maximum atomic E-state index is 12.8. The van der Waals surface area contributed by atoms with Crippen LogP contribution in [0.1, 0.15) is 0 Å². The fourth-order valence-corrected chi connectivity index (χ4v) is 3.74. The minimum absolute atomic E-state index is 0.321. The Morgan fingerprint density at radius 2 is 1.03 bits per heavy atom. The van der Waals surface area contributed by atoms with Crippen LogP contribution in [0.2, 0.25) is 0 Å². The van der Waals surface area contributed by atoms with Gasteiger partial charge >= 0.3 is 5.63 Å². The van der Waals surface area contributed by atoms with E-state index in [1.54, 1.807) is 0 Å². The highest BCUT2D eigenvalue weighted by Gasteiger charge is 2.17. The van der Waals surface area contributed by atoms with Crippen molar-refractivity contribution in [3.8, 4) is 33.6 Å². The Balaban J connectivity index is 1.89. The summed E-state index contributed by atoms with van der Waals surface area (Å²) in [7, 11) is 0. The maximum absolute atomic E-state index is 12.8. The highest BCUT2D eigenvalue weighted by atomic mass is 16.4. The molecule has 4 aromatic carbocycles. The van der Waals surface area contributed by atoms with E-state index in [0.29, 0.717) is 11.1 Å². The normalized spacial score (nSPS) is 10.9. The fraction of sp³-hybridized carbons (Fsp3) is 0. The fourth-order valence-electron chi connectivity index (χ4n) is 3.74. The zero-order chi connectivity index (χ0) is 19.6. The van der Waals surface area contributed by atoms with Crippen molar-refractivity contribution in [3.05, 3.63) is 120 Å². The lowest BCUT2D eigenvalue weighted by Crippen LogP contribution is -2.03. The van der Waals surface area contributed by atoms with Crippen LogP contribution in [-0.4, -0.2) is 0 Å². The molecule has 0 saturated heterocycles. The van der Waals surface area contributed by atoms with E-state index in [-0.39, 0.29) is 5.63 Å². The quantitative estimate of drug-likeness (QED) is 0.348. The molecule has 138 valence electrons. The first-order valence-electron chi connectivity index (χ1n) is 9.58. The lowest BCUT2D eigenvalue weighted by Gasteiger charge is -2.13. The smallest absolute Gasteiger partial charge is 0.344 e. The summed E-state index contributed by atoms with van der Waals surface area (Å²) in [5.74, 6) is 0.597. The van der Waals surface area contributed by atoms with Crippen molar-refractivity contribution in [2.75, 3.05) is 0 Å². The van der Waals surface area contributed by atoms with Crippen LogP contribution in [0.25, 0.3) is 44.3 Å². The number of fused-ring (bicyclic) bond motifs is 1. The molecule has 2 heteroatoms. The van der Waals surface area contributed by atoms with Gasteiger partial charge in [0.2, 0.25) is 0 Å². The van der Waals surface area contributed by atoms with Gasteiger partial charge in [-0.25, -0.2) is 4.79 Å². The third-order valence-corrected chi connectivity index (χ3v) is 5.14. The number of hydrogen-bond acceptors (Lipinski definition) is 2. The second-order valence-corrected chi connectivity index (χ2v) is 6.95. The predicted octanol–water partition coefficient (Wildman–Crippen LogP) is 6.79. The van der Waals surface area contributed by atoms with Crippen LogP contribution in [-0.2, 0) is 0 Å². The van der Waals surface area contributed by atoms with Crippen molar-refractivity contribution in [2.24, 2.45) is 0 Å². The van der Waals surface area contributed by atoms with Gasteiger partial charge in [-0.15, -0.1) is 0 Å². The van der Waals surface area contributed by atoms with Gasteiger partial charge in [0.25, 0.3) is 0 Å². The summed E-state index contributed by atoms with van der Waals surface area (Å²) in [6.45, 7) is 0. The highest BCUT2D eigenvalue weighted by Crippen LogP contribution is 2.38. The third kappa shape index (κ3) is 3.15. The summed E-state index contributed by atoms with van der Waals surface area (Å²) in [6, 6.07) is 36.0. The summed E-state index contributed by atoms with van der Waals surface area (Å²) < 4.78 is 5.85. The van der Waals surface area contributed by atoms with Crippen LogP contribution >= 0.6 is 0 Å². The molecular formula is C27H18O2. The minimum atomic E-state index is -0.321. The monoisotopic (exact) mass is 374 g/mol. The molecule has 2 nitrogen and oxygen atoms in total. The SMILES string of the molecule is O=c1oc(-c2ccccc2)c(-c2ccccc2)c2cc(-c3ccccc3)ccc12. The first-order chi connectivity index (χ1) is 14.3. The van der Waals surface area contributed by atoms with Gasteiger partial charge < -0.3 is 4.42 Å². The number of hydrogen-bond donors (Lipinski definition) is 0. The largest absolute Gasteiger partial charge is 0.422 e. The van der Waals surface area contributed by atoms with E-state index in [2.05, 4.69) is 30.3 Å². The molecule has 1 heterocycles. The van der Waals surface area contributed by atoms with E-state index in [1.165, 1.54) is 0 Å². The van der Waals surface area contributed by atoms with E-state index in [1.807, 2.05) is 78.9 Å². The topological polar surface area (TPSA) is 30.2 Å². The van der Waals surface area contributed by atoms with Gasteiger partial charge in [0, 0.05) is 16.5 Å². The van der Waals surface area contributed by atoms with Crippen molar-refractivity contribution < 1.29 is 4.42 Å². The Kier molecular flexibility index (Phi) is 4.30. The summed E-state index contributed by atoms with van der Waals surface area (Å²) in [5, 5.41) is 1.48. The van der Waals surface area contributed by atoms with E-state index in [9.17, 15) is 4.79 Å². The molecule has 5 aromatic rings. The summed E-state index contributed by atoms with van der Waals surface area (Å²) >= 11 is 0. The maximum Gasteiger partial charge on any atom is 0.344 e. The zero-order valence-corrected chi connectivity index (χ0v) is 15.7. The number of rotatable bonds is 3. The van der Waals surface area contributed by atoms with Crippen LogP contribution < -0.4 is 5.63 Å². The van der Waals surface area contributed by atoms with E-state index in [4.69, 9.17) is 4.42 Å². The second-order valence-electron chi connectivity index (χ2n) is 6.95. The lowest BCUT2D eigenvalue weighted by molar-refractivity contribution is 0.536. The molecular weight excluding hydrogens is 356 g/mol. The molecule has 0 unspecified atom stereocenters. The first kappa shape index (κ1) is 17.2. The van der Waals surface area contributed by atoms with Crippen molar-refractivity contribution in [1.29, 1.82) is 0 Å². The predicted molar refractivity (Wildman–Crippen MR) is 119 cm³/mol. The summed E-state index contributed by atoms with van der Waals surface area (Å²) in [4.78, 5) is 12.8. The number of benzene rings is 4. The molecule has 0 spiro atoms. The summed E-state index contributed by atoms with van der Waals surface area (Å²) in [5.41, 5.74) is 4.70. The van der Waals surface area contributed by atoms with Crippen molar-refractivity contribution in [2.45, 2.75) is 0 Å². The molecule has 0 radical (unpaired) electrons. The molecule has 29 heavy (non-hydrogen) atoms. The molecule has 0 N–H and O–H groups in total. The molecule has 0 aliphatic heterocycles. The lowest BCUT2D eigenvalue weighted by atomic mass is 9.93. The average molecular weight is 374 g/mol. The van der Waals surface area contributed by atoms with Crippen molar-refractivity contribution in [1.82, 2.24) is 0 Å². The Labute approximate surface area is 168 Å².